The van der Waals surface area contributed by atoms with Crippen LogP contribution in [0.3, 0.4) is 0 Å². The van der Waals surface area contributed by atoms with Crippen molar-refractivity contribution in [2.24, 2.45) is 0 Å². The third-order valence-corrected chi connectivity index (χ3v) is 6.12. The van der Waals surface area contributed by atoms with Gasteiger partial charge in [-0.2, -0.15) is 0 Å². The lowest BCUT2D eigenvalue weighted by molar-refractivity contribution is -0.892. The number of rotatable bonds is 5. The minimum absolute atomic E-state index is 0.232. The zero-order valence-electron chi connectivity index (χ0n) is 18.0. The van der Waals surface area contributed by atoms with Crippen LogP contribution in [-0.4, -0.2) is 50.6 Å². The first-order chi connectivity index (χ1) is 13.3. The van der Waals surface area contributed by atoms with Gasteiger partial charge in [-0.05, 0) is 56.0 Å². The van der Waals surface area contributed by atoms with E-state index >= 15 is 0 Å². The summed E-state index contributed by atoms with van der Waals surface area (Å²) >= 11 is 0. The fourth-order valence-electron chi connectivity index (χ4n) is 4.03. The summed E-state index contributed by atoms with van der Waals surface area (Å²) < 4.78 is 0. The molecule has 150 valence electrons. The summed E-state index contributed by atoms with van der Waals surface area (Å²) in [5, 5.41) is 0. The van der Waals surface area contributed by atoms with E-state index in [0.29, 0.717) is 13.1 Å². The van der Waals surface area contributed by atoms with Crippen molar-refractivity contribution in [2.45, 2.75) is 34.2 Å². The second-order valence-corrected chi connectivity index (χ2v) is 8.31. The second-order valence-electron chi connectivity index (χ2n) is 8.31. The first kappa shape index (κ1) is 20.4. The van der Waals surface area contributed by atoms with E-state index in [2.05, 4.69) is 69.0 Å². The minimum atomic E-state index is 0.232. The van der Waals surface area contributed by atoms with Crippen molar-refractivity contribution in [3.05, 3.63) is 64.2 Å². The van der Waals surface area contributed by atoms with Crippen LogP contribution in [0.25, 0.3) is 0 Å². The number of amides is 1. The number of hydrogen-bond donors (Lipinski definition) is 1. The van der Waals surface area contributed by atoms with E-state index in [4.69, 9.17) is 0 Å². The highest BCUT2D eigenvalue weighted by atomic mass is 16.2. The third kappa shape index (κ3) is 4.74. The zero-order chi connectivity index (χ0) is 20.3. The number of nitrogens with one attached hydrogen (secondary N) is 1. The van der Waals surface area contributed by atoms with Gasteiger partial charge < -0.3 is 14.7 Å². The molecule has 0 radical (unpaired) electrons. The highest BCUT2D eigenvalue weighted by Crippen LogP contribution is 2.22. The van der Waals surface area contributed by atoms with E-state index in [1.807, 2.05) is 11.9 Å². The highest BCUT2D eigenvalue weighted by Gasteiger charge is 2.24. The number of aryl methyl sites for hydroxylation is 3. The Hall–Kier alpha value is -2.33. The SMILES string of the molecule is Cc1ccc(CN(C)C(=O)C[NH+]2CCN(c3cccc(C)c3C)CC2)c(C)c1. The van der Waals surface area contributed by atoms with Crippen molar-refractivity contribution in [3.63, 3.8) is 0 Å². The van der Waals surface area contributed by atoms with Crippen molar-refractivity contribution in [2.75, 3.05) is 44.7 Å². The monoisotopic (exact) mass is 380 g/mol. The predicted molar refractivity (Wildman–Crippen MR) is 116 cm³/mol. The molecule has 1 heterocycles. The summed E-state index contributed by atoms with van der Waals surface area (Å²) in [5.41, 5.74) is 7.81. The molecular weight excluding hydrogens is 346 g/mol. The van der Waals surface area contributed by atoms with Crippen LogP contribution in [0.5, 0.6) is 0 Å². The normalized spacial score (nSPS) is 15.0. The fourth-order valence-corrected chi connectivity index (χ4v) is 4.03. The van der Waals surface area contributed by atoms with Gasteiger partial charge in [0.25, 0.3) is 5.91 Å². The van der Waals surface area contributed by atoms with E-state index in [-0.39, 0.29) is 5.91 Å². The molecule has 4 nitrogen and oxygen atoms in total. The summed E-state index contributed by atoms with van der Waals surface area (Å²) in [7, 11) is 1.92. The maximum absolute atomic E-state index is 12.7. The standard InChI is InChI=1S/C24H33N3O/c1-18-9-10-22(20(3)15-18)16-25(5)24(28)17-26-11-13-27(14-12-26)23-8-6-7-19(2)21(23)4/h6-10,15H,11-14,16-17H2,1-5H3/p+1. The summed E-state index contributed by atoms with van der Waals surface area (Å²) in [6, 6.07) is 13.0. The number of carbonyl (C=O) groups excluding carboxylic acids is 1. The molecule has 2 aromatic carbocycles. The Bertz CT molecular complexity index is 838. The number of nitrogens with zero attached hydrogens (tertiary/aromatic N) is 2. The van der Waals surface area contributed by atoms with Gasteiger partial charge >= 0.3 is 0 Å². The molecule has 0 atom stereocenters. The highest BCUT2D eigenvalue weighted by molar-refractivity contribution is 5.76. The van der Waals surface area contributed by atoms with Crippen LogP contribution in [-0.2, 0) is 11.3 Å². The molecule has 4 heteroatoms. The molecule has 0 unspecified atom stereocenters. The van der Waals surface area contributed by atoms with E-state index in [9.17, 15) is 4.79 Å². The van der Waals surface area contributed by atoms with Gasteiger partial charge in [-0.1, -0.05) is 35.9 Å². The molecule has 0 bridgehead atoms. The van der Waals surface area contributed by atoms with Crippen molar-refractivity contribution in [1.29, 1.82) is 0 Å². The van der Waals surface area contributed by atoms with Crippen molar-refractivity contribution in [3.8, 4) is 0 Å². The predicted octanol–water partition coefficient (Wildman–Crippen LogP) is 2.28. The molecule has 0 aromatic heterocycles. The maximum atomic E-state index is 12.7. The quantitative estimate of drug-likeness (QED) is 0.862. The van der Waals surface area contributed by atoms with Gasteiger partial charge in [0.2, 0.25) is 0 Å². The van der Waals surface area contributed by atoms with Gasteiger partial charge in [0.05, 0.1) is 26.2 Å². The molecule has 1 aliphatic rings. The molecule has 1 fully saturated rings. The lowest BCUT2D eigenvalue weighted by atomic mass is 10.1. The average molecular weight is 381 g/mol. The smallest absolute Gasteiger partial charge is 0.277 e. The molecule has 0 spiro atoms. The topological polar surface area (TPSA) is 28.0 Å². The van der Waals surface area contributed by atoms with Crippen LogP contribution >= 0.6 is 0 Å². The molecular formula is C24H34N3O+. The van der Waals surface area contributed by atoms with E-state index in [0.717, 1.165) is 26.2 Å². The zero-order valence-corrected chi connectivity index (χ0v) is 18.0. The summed E-state index contributed by atoms with van der Waals surface area (Å²) in [4.78, 5) is 18.5. The van der Waals surface area contributed by atoms with Crippen molar-refractivity contribution < 1.29 is 9.69 Å². The summed E-state index contributed by atoms with van der Waals surface area (Å²) in [6.45, 7) is 13.9. The Morgan fingerprint density at radius 3 is 2.43 bits per heavy atom. The van der Waals surface area contributed by atoms with Crippen LogP contribution < -0.4 is 9.80 Å². The molecule has 1 aliphatic heterocycles. The number of piperazine rings is 1. The molecule has 1 N–H and O–H groups in total. The molecule has 28 heavy (non-hydrogen) atoms. The van der Waals surface area contributed by atoms with Crippen molar-refractivity contribution in [1.82, 2.24) is 4.90 Å². The van der Waals surface area contributed by atoms with Gasteiger partial charge in [-0.3, -0.25) is 4.79 Å². The molecule has 1 saturated heterocycles. The molecule has 3 rings (SSSR count). The fraction of sp³-hybridized carbons (Fsp3) is 0.458. The number of anilines is 1. The third-order valence-electron chi connectivity index (χ3n) is 6.12. The van der Waals surface area contributed by atoms with Crippen LogP contribution in [0, 0.1) is 27.7 Å². The minimum Gasteiger partial charge on any atom is -0.360 e. The van der Waals surface area contributed by atoms with Crippen LogP contribution in [0.4, 0.5) is 5.69 Å². The van der Waals surface area contributed by atoms with Gasteiger partial charge in [-0.25, -0.2) is 0 Å². The Morgan fingerprint density at radius 1 is 1.04 bits per heavy atom. The maximum Gasteiger partial charge on any atom is 0.277 e. The first-order valence-corrected chi connectivity index (χ1v) is 10.3. The van der Waals surface area contributed by atoms with E-state index in [1.165, 1.54) is 38.4 Å². The Labute approximate surface area is 169 Å². The van der Waals surface area contributed by atoms with Crippen LogP contribution in [0.15, 0.2) is 36.4 Å². The van der Waals surface area contributed by atoms with Gasteiger partial charge in [0, 0.05) is 19.3 Å². The molecule has 1 amide bonds. The van der Waals surface area contributed by atoms with E-state index in [1.54, 1.807) is 0 Å². The van der Waals surface area contributed by atoms with Crippen LogP contribution in [0.1, 0.15) is 27.8 Å². The number of hydrogen-bond acceptors (Lipinski definition) is 2. The van der Waals surface area contributed by atoms with Crippen LogP contribution in [0.2, 0.25) is 0 Å². The lowest BCUT2D eigenvalue weighted by Crippen LogP contribution is -3.15. The lowest BCUT2D eigenvalue weighted by Gasteiger charge is -2.35. The molecule has 0 saturated carbocycles. The number of carbonyl (C=O) groups is 1. The van der Waals surface area contributed by atoms with Gasteiger partial charge in [0.15, 0.2) is 6.54 Å². The Morgan fingerprint density at radius 2 is 1.75 bits per heavy atom. The van der Waals surface area contributed by atoms with E-state index < -0.39 is 0 Å². The number of quaternary nitrogens is 1. The van der Waals surface area contributed by atoms with Gasteiger partial charge in [0.1, 0.15) is 0 Å². The molecule has 2 aromatic rings. The number of likely N-dealkylation sites (N-methyl/N-ethyl adjacent to an activating group) is 1. The first-order valence-electron chi connectivity index (χ1n) is 10.3. The Balaban J connectivity index is 1.52. The largest absolute Gasteiger partial charge is 0.360 e. The van der Waals surface area contributed by atoms with Gasteiger partial charge in [-0.15, -0.1) is 0 Å². The molecule has 0 aliphatic carbocycles. The average Bonchev–Trinajstić information content (AvgIpc) is 2.67. The summed E-state index contributed by atoms with van der Waals surface area (Å²) in [5.74, 6) is 0.232. The Kier molecular flexibility index (Phi) is 6.40. The summed E-state index contributed by atoms with van der Waals surface area (Å²) in [6.07, 6.45) is 0. The number of benzene rings is 2. The second kappa shape index (κ2) is 8.78. The van der Waals surface area contributed by atoms with Crippen molar-refractivity contribution >= 4 is 11.6 Å².